The third-order valence-electron chi connectivity index (χ3n) is 12.6. The Morgan fingerprint density at radius 2 is 1.59 bits per heavy atom. The van der Waals surface area contributed by atoms with Gasteiger partial charge in [-0.2, -0.15) is 0 Å². The molecule has 0 aliphatic heterocycles. The van der Waals surface area contributed by atoms with Gasteiger partial charge in [0.1, 0.15) is 0 Å². The van der Waals surface area contributed by atoms with Crippen molar-refractivity contribution in [1.29, 1.82) is 0 Å². The van der Waals surface area contributed by atoms with Gasteiger partial charge in [-0.3, -0.25) is 0 Å². The molecule has 5 unspecified atom stereocenters. The van der Waals surface area contributed by atoms with E-state index in [1.54, 1.807) is 0 Å². The Morgan fingerprint density at radius 3 is 2.24 bits per heavy atom. The molecule has 6 rings (SSSR count). The summed E-state index contributed by atoms with van der Waals surface area (Å²) < 4.78 is 0. The minimum atomic E-state index is 0.285. The fraction of sp³-hybridized carbons (Fsp3) is 0.707. The van der Waals surface area contributed by atoms with Crippen LogP contribution in [-0.4, -0.2) is 0 Å². The summed E-state index contributed by atoms with van der Waals surface area (Å²) in [5, 5.41) is 0. The summed E-state index contributed by atoms with van der Waals surface area (Å²) in [6, 6.07) is 11.4. The van der Waals surface area contributed by atoms with Crippen molar-refractivity contribution in [3.63, 3.8) is 0 Å². The van der Waals surface area contributed by atoms with E-state index in [2.05, 4.69) is 71.5 Å². The molecular weight excluding hydrogens is 492 g/mol. The number of rotatable bonds is 12. The summed E-state index contributed by atoms with van der Waals surface area (Å²) >= 11 is 0. The molecule has 5 aliphatic rings. The molecule has 0 heterocycles. The number of allylic oxidation sites excluding steroid dienone is 3. The van der Waals surface area contributed by atoms with Crippen molar-refractivity contribution in [3.05, 3.63) is 72.4 Å². The van der Waals surface area contributed by atoms with Gasteiger partial charge in [-0.25, -0.2) is 0 Å². The van der Waals surface area contributed by atoms with Crippen LogP contribution in [0.25, 0.3) is 0 Å². The minimum absolute atomic E-state index is 0.285. The lowest BCUT2D eigenvalue weighted by Crippen LogP contribution is -2.54. The summed E-state index contributed by atoms with van der Waals surface area (Å²) in [6.07, 6.45) is 18.5. The highest BCUT2D eigenvalue weighted by Crippen LogP contribution is 2.67. The molecule has 5 saturated carbocycles. The molecule has 0 heteroatoms. The first-order valence-electron chi connectivity index (χ1n) is 17.5. The molecule has 1 aromatic carbocycles. The summed E-state index contributed by atoms with van der Waals surface area (Å²) in [5.74, 6) is 6.69. The second kappa shape index (κ2) is 12.6. The van der Waals surface area contributed by atoms with E-state index in [0.717, 1.165) is 54.8 Å². The Labute approximate surface area is 254 Å². The van der Waals surface area contributed by atoms with Gasteiger partial charge in [0.05, 0.1) is 0 Å². The third kappa shape index (κ3) is 7.33. The molecular formula is C41H62. The molecule has 0 aromatic heterocycles. The standard InChI is InChI=1S/C41H62/c1-28(27-40(4,5)6)19-33(20-29(2)32-17-13-10-14-18-32)30(3)21-34(22-31-15-11-9-12-16-31)35-23-36-24-37-26-39(38(36)25-35)41(37,7)8/h9,11-12,15-16,32-39H,1-3,10,13-14,17-27H2,4-8H3/t33?,34?,35?,36?,37-,38?,39-/m1/s1. The summed E-state index contributed by atoms with van der Waals surface area (Å²) in [5.41, 5.74) is 6.81. The van der Waals surface area contributed by atoms with E-state index in [-0.39, 0.29) is 5.41 Å². The van der Waals surface area contributed by atoms with Crippen molar-refractivity contribution < 1.29 is 0 Å². The highest BCUT2D eigenvalue weighted by atomic mass is 14.6. The molecule has 1 aromatic rings. The number of benzene rings is 1. The van der Waals surface area contributed by atoms with Crippen LogP contribution in [0.1, 0.15) is 124 Å². The second-order valence-electron chi connectivity index (χ2n) is 17.1. The van der Waals surface area contributed by atoms with Crippen LogP contribution in [0, 0.1) is 58.2 Å². The van der Waals surface area contributed by atoms with Gasteiger partial charge in [0, 0.05) is 0 Å². The van der Waals surface area contributed by atoms with Crippen molar-refractivity contribution >= 4 is 0 Å². The Balaban J connectivity index is 1.32. The normalized spacial score (nSPS) is 30.6. The summed E-state index contributed by atoms with van der Waals surface area (Å²) in [7, 11) is 0. The maximum Gasteiger partial charge on any atom is -0.0131 e. The van der Waals surface area contributed by atoms with Gasteiger partial charge >= 0.3 is 0 Å². The predicted octanol–water partition coefficient (Wildman–Crippen LogP) is 12.0. The molecule has 41 heavy (non-hydrogen) atoms. The first kappa shape index (κ1) is 30.9. The van der Waals surface area contributed by atoms with Crippen LogP contribution in [0.3, 0.4) is 0 Å². The van der Waals surface area contributed by atoms with Crippen LogP contribution in [0.2, 0.25) is 0 Å². The largest absolute Gasteiger partial charge is 0.0998 e. The van der Waals surface area contributed by atoms with Gasteiger partial charge < -0.3 is 0 Å². The Bertz CT molecular complexity index is 1060. The van der Waals surface area contributed by atoms with E-state index >= 15 is 0 Å². The van der Waals surface area contributed by atoms with Crippen molar-refractivity contribution in [2.45, 2.75) is 125 Å². The van der Waals surface area contributed by atoms with E-state index in [1.807, 2.05) is 0 Å². The smallest absolute Gasteiger partial charge is 0.0131 e. The molecule has 0 N–H and O–H groups in total. The van der Waals surface area contributed by atoms with Crippen LogP contribution < -0.4 is 0 Å². The highest BCUT2D eigenvalue weighted by molar-refractivity contribution is 5.19. The molecule has 5 fully saturated rings. The maximum absolute atomic E-state index is 4.91. The molecule has 0 radical (unpaired) electrons. The Kier molecular flexibility index (Phi) is 9.48. The van der Waals surface area contributed by atoms with Gasteiger partial charge in [0.2, 0.25) is 0 Å². The van der Waals surface area contributed by atoms with Crippen LogP contribution in [0.15, 0.2) is 66.8 Å². The third-order valence-corrected chi connectivity index (χ3v) is 12.6. The van der Waals surface area contributed by atoms with E-state index in [1.165, 1.54) is 92.9 Å². The minimum Gasteiger partial charge on any atom is -0.0998 e. The summed E-state index contributed by atoms with van der Waals surface area (Å²) in [4.78, 5) is 0. The van der Waals surface area contributed by atoms with Crippen molar-refractivity contribution in [3.8, 4) is 0 Å². The topological polar surface area (TPSA) is 0 Å². The fourth-order valence-electron chi connectivity index (χ4n) is 10.3. The van der Waals surface area contributed by atoms with Crippen LogP contribution >= 0.6 is 0 Å². The lowest BCUT2D eigenvalue weighted by Gasteiger charge is -2.61. The lowest BCUT2D eigenvalue weighted by molar-refractivity contribution is -0.124. The number of hydrogen-bond donors (Lipinski definition) is 0. The zero-order valence-corrected chi connectivity index (χ0v) is 27.5. The molecule has 0 saturated heterocycles. The van der Waals surface area contributed by atoms with Gasteiger partial charge in [-0.1, -0.05) is 121 Å². The first-order chi connectivity index (χ1) is 19.4. The molecule has 0 spiro atoms. The maximum atomic E-state index is 4.91. The second-order valence-corrected chi connectivity index (χ2v) is 17.1. The van der Waals surface area contributed by atoms with E-state index in [4.69, 9.17) is 13.2 Å². The zero-order chi connectivity index (χ0) is 29.4. The van der Waals surface area contributed by atoms with Crippen molar-refractivity contribution in [2.75, 3.05) is 0 Å². The van der Waals surface area contributed by atoms with E-state index < -0.39 is 0 Å². The van der Waals surface area contributed by atoms with Crippen LogP contribution in [0.5, 0.6) is 0 Å². The SMILES string of the molecule is C=C(CC(CC(=C)C1CCCCC1)C(=C)CC(Cc1ccccc1)C1CC2C[C@@H]3C[C@H](C2C1)C3(C)C)CC(C)(C)C. The predicted molar refractivity (Wildman–Crippen MR) is 179 cm³/mol. The highest BCUT2D eigenvalue weighted by Gasteiger charge is 2.60. The fourth-order valence-corrected chi connectivity index (χ4v) is 10.3. The Hall–Kier alpha value is -1.56. The van der Waals surface area contributed by atoms with Gasteiger partial charge in [0.15, 0.2) is 0 Å². The summed E-state index contributed by atoms with van der Waals surface area (Å²) in [6.45, 7) is 26.4. The van der Waals surface area contributed by atoms with Gasteiger partial charge in [0.25, 0.3) is 0 Å². The average Bonchev–Trinajstić information content (AvgIpc) is 3.37. The Morgan fingerprint density at radius 1 is 0.878 bits per heavy atom. The zero-order valence-electron chi connectivity index (χ0n) is 27.5. The molecule has 0 nitrogen and oxygen atoms in total. The van der Waals surface area contributed by atoms with Crippen LogP contribution in [-0.2, 0) is 6.42 Å². The monoisotopic (exact) mass is 554 g/mol. The molecule has 2 bridgehead atoms. The first-order valence-corrected chi connectivity index (χ1v) is 17.5. The average molecular weight is 555 g/mol. The quantitative estimate of drug-likeness (QED) is 0.225. The van der Waals surface area contributed by atoms with Gasteiger partial charge in [-0.05, 0) is 134 Å². The molecule has 5 aliphatic carbocycles. The van der Waals surface area contributed by atoms with Crippen LogP contribution in [0.4, 0.5) is 0 Å². The van der Waals surface area contributed by atoms with E-state index in [9.17, 15) is 0 Å². The van der Waals surface area contributed by atoms with Crippen molar-refractivity contribution in [1.82, 2.24) is 0 Å². The molecule has 7 atom stereocenters. The molecule has 0 amide bonds. The molecule has 226 valence electrons. The number of hydrogen-bond acceptors (Lipinski definition) is 0. The lowest BCUT2D eigenvalue weighted by atomic mass is 9.44. The van der Waals surface area contributed by atoms with Gasteiger partial charge in [-0.15, -0.1) is 0 Å². The van der Waals surface area contributed by atoms with Crippen molar-refractivity contribution in [2.24, 2.45) is 58.2 Å². The van der Waals surface area contributed by atoms with E-state index in [0.29, 0.717) is 17.3 Å².